The predicted octanol–water partition coefficient (Wildman–Crippen LogP) is 1.72. The molecule has 0 spiro atoms. The second kappa shape index (κ2) is 5.67. The second-order valence-corrected chi connectivity index (χ2v) is 6.26. The molecular weight excluding hydrogens is 264 g/mol. The Morgan fingerprint density at radius 3 is 2.53 bits per heavy atom. The molecular formula is C14H16O4S. The van der Waals surface area contributed by atoms with Crippen molar-refractivity contribution < 1.29 is 17.4 Å². The van der Waals surface area contributed by atoms with Crippen molar-refractivity contribution in [2.75, 3.05) is 6.26 Å². The molecule has 0 amide bonds. The number of hydrogen-bond acceptors (Lipinski definition) is 4. The van der Waals surface area contributed by atoms with Gasteiger partial charge in [0.05, 0.1) is 12.2 Å². The summed E-state index contributed by atoms with van der Waals surface area (Å²) in [7, 11) is -3.55. The van der Waals surface area contributed by atoms with Crippen LogP contribution in [0.1, 0.15) is 12.0 Å². The maximum Gasteiger partial charge on any atom is 0.264 e. The monoisotopic (exact) mass is 280 g/mol. The number of rotatable bonds is 5. The summed E-state index contributed by atoms with van der Waals surface area (Å²) in [6.07, 6.45) is 4.58. The van der Waals surface area contributed by atoms with Crippen LogP contribution in [0.5, 0.6) is 0 Å². The maximum absolute atomic E-state index is 11.7. The fraction of sp³-hybridized carbons (Fsp3) is 0.357. The normalized spacial score (nSPS) is 22.9. The van der Waals surface area contributed by atoms with E-state index in [0.29, 0.717) is 6.42 Å². The third kappa shape index (κ3) is 4.01. The molecule has 0 unspecified atom stereocenters. The fourth-order valence-electron chi connectivity index (χ4n) is 2.18. The highest BCUT2D eigenvalue weighted by Crippen LogP contribution is 2.25. The average Bonchev–Trinajstić information content (AvgIpc) is 2.67. The SMILES string of the molecule is CS(=O)(=O)O[C@@H]1C=CC(=O)[C@H]1CCc1ccccc1. The Labute approximate surface area is 113 Å². The molecule has 1 aliphatic rings. The zero-order chi connectivity index (χ0) is 13.9. The topological polar surface area (TPSA) is 60.4 Å². The summed E-state index contributed by atoms with van der Waals surface area (Å²) in [5.74, 6) is -0.473. The molecule has 2 atom stereocenters. The minimum atomic E-state index is -3.55. The number of allylic oxidation sites excluding steroid dienone is 1. The lowest BCUT2D eigenvalue weighted by molar-refractivity contribution is -0.119. The third-order valence-corrected chi connectivity index (χ3v) is 3.66. The van der Waals surface area contributed by atoms with Gasteiger partial charge in [-0.3, -0.25) is 8.98 Å². The molecule has 0 N–H and O–H groups in total. The van der Waals surface area contributed by atoms with Crippen LogP contribution in [0, 0.1) is 5.92 Å². The number of carbonyl (C=O) groups excluding carboxylic acids is 1. The van der Waals surface area contributed by atoms with Crippen molar-refractivity contribution in [3.63, 3.8) is 0 Å². The van der Waals surface area contributed by atoms with E-state index in [4.69, 9.17) is 4.18 Å². The van der Waals surface area contributed by atoms with Crippen LogP contribution in [-0.2, 0) is 25.5 Å². The summed E-state index contributed by atoms with van der Waals surface area (Å²) in [6, 6.07) is 9.78. The summed E-state index contributed by atoms with van der Waals surface area (Å²) in [5.41, 5.74) is 1.13. The zero-order valence-electron chi connectivity index (χ0n) is 10.7. The molecule has 0 aromatic heterocycles. The first kappa shape index (κ1) is 14.0. The molecule has 0 radical (unpaired) electrons. The Hall–Kier alpha value is -1.46. The van der Waals surface area contributed by atoms with Gasteiger partial charge in [0.2, 0.25) is 0 Å². The van der Waals surface area contributed by atoms with Crippen molar-refractivity contribution >= 4 is 15.9 Å². The molecule has 19 heavy (non-hydrogen) atoms. The minimum absolute atomic E-state index is 0.0652. The molecule has 1 aromatic carbocycles. The molecule has 0 aliphatic heterocycles. The first-order valence-corrected chi connectivity index (χ1v) is 7.91. The van der Waals surface area contributed by atoms with Gasteiger partial charge in [-0.25, -0.2) is 0 Å². The van der Waals surface area contributed by atoms with Gasteiger partial charge in [-0.1, -0.05) is 36.4 Å². The number of benzene rings is 1. The molecule has 0 heterocycles. The van der Waals surface area contributed by atoms with Crippen LogP contribution in [0.15, 0.2) is 42.5 Å². The molecule has 2 rings (SSSR count). The highest BCUT2D eigenvalue weighted by molar-refractivity contribution is 7.86. The lowest BCUT2D eigenvalue weighted by Crippen LogP contribution is -2.26. The van der Waals surface area contributed by atoms with Gasteiger partial charge in [-0.2, -0.15) is 8.42 Å². The van der Waals surface area contributed by atoms with Gasteiger partial charge in [0.1, 0.15) is 6.10 Å². The van der Waals surface area contributed by atoms with E-state index in [1.54, 1.807) is 0 Å². The van der Waals surface area contributed by atoms with Crippen LogP contribution in [0.3, 0.4) is 0 Å². The lowest BCUT2D eigenvalue weighted by Gasteiger charge is -2.17. The molecule has 0 fully saturated rings. The Bertz CT molecular complexity index is 575. The summed E-state index contributed by atoms with van der Waals surface area (Å²) in [6.45, 7) is 0. The lowest BCUT2D eigenvalue weighted by atomic mass is 9.95. The second-order valence-electron chi connectivity index (χ2n) is 4.66. The summed E-state index contributed by atoms with van der Waals surface area (Å²) >= 11 is 0. The highest BCUT2D eigenvalue weighted by Gasteiger charge is 2.32. The van der Waals surface area contributed by atoms with Crippen LogP contribution >= 0.6 is 0 Å². The molecule has 0 saturated carbocycles. The quantitative estimate of drug-likeness (QED) is 0.771. The highest BCUT2D eigenvalue weighted by atomic mass is 32.2. The summed E-state index contributed by atoms with van der Waals surface area (Å²) in [4.78, 5) is 11.7. The minimum Gasteiger partial charge on any atom is -0.294 e. The van der Waals surface area contributed by atoms with Crippen molar-refractivity contribution in [2.45, 2.75) is 18.9 Å². The first-order valence-electron chi connectivity index (χ1n) is 6.10. The van der Waals surface area contributed by atoms with Gasteiger partial charge >= 0.3 is 0 Å². The van der Waals surface area contributed by atoms with Gasteiger partial charge < -0.3 is 0 Å². The third-order valence-electron chi connectivity index (χ3n) is 3.08. The van der Waals surface area contributed by atoms with Crippen LogP contribution in [0.2, 0.25) is 0 Å². The Morgan fingerprint density at radius 2 is 1.89 bits per heavy atom. The smallest absolute Gasteiger partial charge is 0.264 e. The van der Waals surface area contributed by atoms with Crippen LogP contribution in [-0.4, -0.2) is 26.6 Å². The van der Waals surface area contributed by atoms with Crippen molar-refractivity contribution in [1.29, 1.82) is 0 Å². The molecule has 5 heteroatoms. The standard InChI is InChI=1S/C14H16O4S/c1-19(16,17)18-14-10-9-13(15)12(14)8-7-11-5-3-2-4-6-11/h2-6,9-10,12,14H,7-8H2,1H3/t12-,14-/m1/s1. The van der Waals surface area contributed by atoms with Crippen LogP contribution in [0.4, 0.5) is 0 Å². The van der Waals surface area contributed by atoms with Crippen molar-refractivity contribution in [1.82, 2.24) is 0 Å². The molecule has 4 nitrogen and oxygen atoms in total. The van der Waals surface area contributed by atoms with Crippen LogP contribution in [0.25, 0.3) is 0 Å². The molecule has 0 saturated heterocycles. The van der Waals surface area contributed by atoms with Gasteiger partial charge in [0.15, 0.2) is 5.78 Å². The van der Waals surface area contributed by atoms with Gasteiger partial charge in [0.25, 0.3) is 10.1 Å². The zero-order valence-corrected chi connectivity index (χ0v) is 11.5. The maximum atomic E-state index is 11.7. The molecule has 102 valence electrons. The summed E-state index contributed by atoms with van der Waals surface area (Å²) in [5, 5.41) is 0. The Balaban J connectivity index is 2.00. The van der Waals surface area contributed by atoms with E-state index in [2.05, 4.69) is 0 Å². The number of ketones is 1. The number of hydrogen-bond donors (Lipinski definition) is 0. The van der Waals surface area contributed by atoms with Gasteiger partial charge in [0, 0.05) is 0 Å². The van der Waals surface area contributed by atoms with E-state index in [-0.39, 0.29) is 5.78 Å². The van der Waals surface area contributed by atoms with E-state index in [1.807, 2.05) is 30.3 Å². The fourth-order valence-corrected chi connectivity index (χ4v) is 2.79. The number of carbonyl (C=O) groups is 1. The van der Waals surface area contributed by atoms with E-state index < -0.39 is 22.1 Å². The molecule has 1 aromatic rings. The Kier molecular flexibility index (Phi) is 4.17. The summed E-state index contributed by atoms with van der Waals surface area (Å²) < 4.78 is 27.2. The van der Waals surface area contributed by atoms with Gasteiger partial charge in [-0.05, 0) is 24.5 Å². The van der Waals surface area contributed by atoms with E-state index in [1.165, 1.54) is 12.2 Å². The van der Waals surface area contributed by atoms with E-state index >= 15 is 0 Å². The Morgan fingerprint density at radius 1 is 1.21 bits per heavy atom. The predicted molar refractivity (Wildman–Crippen MR) is 72.1 cm³/mol. The number of aryl methyl sites for hydroxylation is 1. The van der Waals surface area contributed by atoms with Crippen LogP contribution < -0.4 is 0 Å². The van der Waals surface area contributed by atoms with Crippen molar-refractivity contribution in [2.24, 2.45) is 5.92 Å². The largest absolute Gasteiger partial charge is 0.294 e. The van der Waals surface area contributed by atoms with E-state index in [0.717, 1.165) is 18.2 Å². The van der Waals surface area contributed by atoms with Crippen molar-refractivity contribution in [3.05, 3.63) is 48.0 Å². The van der Waals surface area contributed by atoms with Gasteiger partial charge in [-0.15, -0.1) is 0 Å². The molecule has 1 aliphatic carbocycles. The average molecular weight is 280 g/mol. The van der Waals surface area contributed by atoms with Crippen molar-refractivity contribution in [3.8, 4) is 0 Å². The first-order chi connectivity index (χ1) is 8.96. The molecule has 0 bridgehead atoms. The van der Waals surface area contributed by atoms with E-state index in [9.17, 15) is 13.2 Å².